The number of thiazole rings is 1. The van der Waals surface area contributed by atoms with Crippen LogP contribution in [0.3, 0.4) is 0 Å². The summed E-state index contributed by atoms with van der Waals surface area (Å²) in [4.78, 5) is 9.90. The van der Waals surface area contributed by atoms with Gasteiger partial charge in [0.15, 0.2) is 0 Å². The van der Waals surface area contributed by atoms with E-state index in [1.54, 1.807) is 17.5 Å². The molecule has 102 valence electrons. The fraction of sp³-hybridized carbons (Fsp3) is 0.500. The van der Waals surface area contributed by atoms with Crippen LogP contribution in [0.5, 0.6) is 0 Å². The molecule has 0 fully saturated rings. The van der Waals surface area contributed by atoms with Crippen LogP contribution in [0.15, 0.2) is 23.4 Å². The Bertz CT molecular complexity index is 502. The second-order valence-corrected chi connectivity index (χ2v) is 5.34. The molecule has 0 amide bonds. The number of hydrazone groups is 1. The topological polar surface area (TPSA) is 41.4 Å². The van der Waals surface area contributed by atoms with Gasteiger partial charge in [-0.05, 0) is 25.5 Å². The molecule has 0 radical (unpaired) electrons. The van der Waals surface area contributed by atoms with Crippen molar-refractivity contribution >= 4 is 33.0 Å². The number of hydrogen-bond acceptors (Lipinski definition) is 5. The predicted octanol–water partition coefficient (Wildman–Crippen LogP) is 4.08. The van der Waals surface area contributed by atoms with Gasteiger partial charge in [0.05, 0.1) is 0 Å². The van der Waals surface area contributed by atoms with Gasteiger partial charge < -0.3 is 0 Å². The van der Waals surface area contributed by atoms with Crippen molar-refractivity contribution in [2.75, 3.05) is 11.6 Å². The maximum absolute atomic E-state index is 4.60. The zero-order valence-electron chi connectivity index (χ0n) is 11.5. The molecule has 2 aromatic heterocycles. The van der Waals surface area contributed by atoms with E-state index < -0.39 is 0 Å². The van der Waals surface area contributed by atoms with E-state index in [0.29, 0.717) is 0 Å². The number of aromatic nitrogens is 2. The standard InChI is InChI=1S/C14H20N4S/c1-3-5-6-7-11-18(16-4-2)14-17-12-9-8-10-15-13(12)19-14/h4,8-10H,3,5-7,11H2,1-2H3/b16-4+. The van der Waals surface area contributed by atoms with Gasteiger partial charge in [0.25, 0.3) is 0 Å². The molecule has 0 N–H and O–H groups in total. The van der Waals surface area contributed by atoms with Crippen LogP contribution < -0.4 is 5.01 Å². The molecule has 0 atom stereocenters. The van der Waals surface area contributed by atoms with Crippen LogP contribution in [-0.4, -0.2) is 22.7 Å². The van der Waals surface area contributed by atoms with E-state index in [1.807, 2.05) is 30.3 Å². The molecule has 0 saturated carbocycles. The number of rotatable bonds is 7. The highest BCUT2D eigenvalue weighted by molar-refractivity contribution is 7.21. The average Bonchev–Trinajstić information content (AvgIpc) is 2.86. The molecule has 2 rings (SSSR count). The molecular weight excluding hydrogens is 256 g/mol. The minimum atomic E-state index is 0.921. The summed E-state index contributed by atoms with van der Waals surface area (Å²) in [5.41, 5.74) is 0.951. The minimum Gasteiger partial charge on any atom is -0.244 e. The van der Waals surface area contributed by atoms with Gasteiger partial charge in [0.1, 0.15) is 10.3 Å². The van der Waals surface area contributed by atoms with Gasteiger partial charge in [0, 0.05) is 19.0 Å². The largest absolute Gasteiger partial charge is 0.244 e. The van der Waals surface area contributed by atoms with Gasteiger partial charge in [-0.3, -0.25) is 0 Å². The van der Waals surface area contributed by atoms with Crippen LogP contribution in [0.25, 0.3) is 10.3 Å². The van der Waals surface area contributed by atoms with E-state index in [2.05, 4.69) is 22.0 Å². The molecule has 0 spiro atoms. The number of nitrogens with zero attached hydrogens (tertiary/aromatic N) is 4. The van der Waals surface area contributed by atoms with Crippen molar-refractivity contribution in [2.45, 2.75) is 39.5 Å². The summed E-state index contributed by atoms with van der Waals surface area (Å²) in [5.74, 6) is 0. The highest BCUT2D eigenvalue weighted by Crippen LogP contribution is 2.27. The Hall–Kier alpha value is -1.49. The van der Waals surface area contributed by atoms with Crippen LogP contribution in [0.1, 0.15) is 39.5 Å². The van der Waals surface area contributed by atoms with Gasteiger partial charge >= 0.3 is 0 Å². The van der Waals surface area contributed by atoms with Crippen molar-refractivity contribution in [1.82, 2.24) is 9.97 Å². The molecule has 0 aromatic carbocycles. The maximum Gasteiger partial charge on any atom is 0.208 e. The first-order chi connectivity index (χ1) is 9.35. The van der Waals surface area contributed by atoms with Crippen molar-refractivity contribution < 1.29 is 0 Å². The number of unbranched alkanes of at least 4 members (excludes halogenated alkanes) is 3. The minimum absolute atomic E-state index is 0.921. The second kappa shape index (κ2) is 7.19. The molecule has 0 aliphatic carbocycles. The van der Waals surface area contributed by atoms with Gasteiger partial charge in [-0.25, -0.2) is 15.0 Å². The Morgan fingerprint density at radius 3 is 3.00 bits per heavy atom. The summed E-state index contributed by atoms with van der Waals surface area (Å²) in [6.45, 7) is 5.08. The summed E-state index contributed by atoms with van der Waals surface area (Å²) < 4.78 is 0. The molecule has 0 aliphatic heterocycles. The monoisotopic (exact) mass is 276 g/mol. The third-order valence-corrected chi connectivity index (χ3v) is 3.85. The molecule has 4 nitrogen and oxygen atoms in total. The number of fused-ring (bicyclic) bond motifs is 1. The second-order valence-electron chi connectivity index (χ2n) is 4.38. The summed E-state index contributed by atoms with van der Waals surface area (Å²) in [6, 6.07) is 3.91. The first-order valence-electron chi connectivity index (χ1n) is 6.83. The fourth-order valence-electron chi connectivity index (χ4n) is 1.90. The van der Waals surface area contributed by atoms with E-state index in [9.17, 15) is 0 Å². The summed E-state index contributed by atoms with van der Waals surface area (Å²) >= 11 is 1.60. The van der Waals surface area contributed by atoms with Crippen molar-refractivity contribution in [3.05, 3.63) is 18.3 Å². The highest BCUT2D eigenvalue weighted by atomic mass is 32.1. The van der Waals surface area contributed by atoms with E-state index >= 15 is 0 Å². The molecule has 2 heterocycles. The van der Waals surface area contributed by atoms with Crippen LogP contribution in [0.4, 0.5) is 5.13 Å². The van der Waals surface area contributed by atoms with Gasteiger partial charge in [-0.1, -0.05) is 37.5 Å². The number of hydrogen-bond donors (Lipinski definition) is 0. The fourth-order valence-corrected chi connectivity index (χ4v) is 2.79. The average molecular weight is 276 g/mol. The smallest absolute Gasteiger partial charge is 0.208 e. The normalized spacial score (nSPS) is 11.5. The summed E-state index contributed by atoms with van der Waals surface area (Å²) in [6.07, 6.45) is 8.55. The Morgan fingerprint density at radius 1 is 1.37 bits per heavy atom. The summed E-state index contributed by atoms with van der Waals surface area (Å²) in [5, 5.41) is 7.34. The van der Waals surface area contributed by atoms with Crippen LogP contribution in [0.2, 0.25) is 0 Å². The number of pyridine rings is 1. The van der Waals surface area contributed by atoms with Crippen molar-refractivity contribution in [1.29, 1.82) is 0 Å². The van der Waals surface area contributed by atoms with Gasteiger partial charge in [-0.15, -0.1) is 0 Å². The Balaban J connectivity index is 2.09. The van der Waals surface area contributed by atoms with Gasteiger partial charge in [-0.2, -0.15) is 5.10 Å². The lowest BCUT2D eigenvalue weighted by Gasteiger charge is -2.14. The van der Waals surface area contributed by atoms with E-state index in [0.717, 1.165) is 28.4 Å². The molecule has 5 heteroatoms. The Kier molecular flexibility index (Phi) is 5.27. The lowest BCUT2D eigenvalue weighted by Crippen LogP contribution is -2.17. The first-order valence-corrected chi connectivity index (χ1v) is 7.64. The zero-order valence-corrected chi connectivity index (χ0v) is 12.4. The predicted molar refractivity (Wildman–Crippen MR) is 83.1 cm³/mol. The van der Waals surface area contributed by atoms with Crippen LogP contribution in [-0.2, 0) is 0 Å². The molecule has 19 heavy (non-hydrogen) atoms. The molecular formula is C14H20N4S. The molecule has 0 bridgehead atoms. The van der Waals surface area contributed by atoms with Crippen LogP contribution in [0, 0.1) is 0 Å². The van der Waals surface area contributed by atoms with Crippen LogP contribution >= 0.6 is 11.3 Å². The van der Waals surface area contributed by atoms with E-state index in [-0.39, 0.29) is 0 Å². The van der Waals surface area contributed by atoms with Gasteiger partial charge in [0.2, 0.25) is 5.13 Å². The quantitative estimate of drug-likeness (QED) is 0.434. The number of anilines is 1. The third kappa shape index (κ3) is 3.73. The van der Waals surface area contributed by atoms with Crippen molar-refractivity contribution in [2.24, 2.45) is 5.10 Å². The first kappa shape index (κ1) is 13.9. The zero-order chi connectivity index (χ0) is 13.5. The molecule has 0 unspecified atom stereocenters. The van der Waals surface area contributed by atoms with E-state index in [4.69, 9.17) is 0 Å². The van der Waals surface area contributed by atoms with Crippen molar-refractivity contribution in [3.63, 3.8) is 0 Å². The summed E-state index contributed by atoms with van der Waals surface area (Å²) in [7, 11) is 0. The lowest BCUT2D eigenvalue weighted by molar-refractivity contribution is 0.651. The van der Waals surface area contributed by atoms with Crippen molar-refractivity contribution in [3.8, 4) is 0 Å². The SMILES string of the molecule is C/C=N/N(CCCCCC)c1nc2cccnc2s1. The maximum atomic E-state index is 4.60. The third-order valence-electron chi connectivity index (χ3n) is 2.85. The molecule has 2 aromatic rings. The lowest BCUT2D eigenvalue weighted by atomic mass is 10.2. The Labute approximate surface area is 118 Å². The Morgan fingerprint density at radius 2 is 2.26 bits per heavy atom. The van der Waals surface area contributed by atoms with E-state index in [1.165, 1.54) is 19.3 Å². The molecule has 0 aliphatic rings. The highest BCUT2D eigenvalue weighted by Gasteiger charge is 2.11. The molecule has 0 saturated heterocycles.